The van der Waals surface area contributed by atoms with Gasteiger partial charge in [-0.2, -0.15) is 0 Å². The van der Waals surface area contributed by atoms with E-state index in [0.29, 0.717) is 5.02 Å². The summed E-state index contributed by atoms with van der Waals surface area (Å²) >= 11 is 5.74. The van der Waals surface area contributed by atoms with E-state index in [9.17, 15) is 4.79 Å². The lowest BCUT2D eigenvalue weighted by atomic mass is 10.0. The standard InChI is InChI=1S/C11H14ClNO2/c1-7(11(14)15)8(2)13-10-5-3-9(12)4-6-10/h3-8,13H,1-2H3,(H,14,15). The molecule has 0 aliphatic heterocycles. The van der Waals surface area contributed by atoms with Crippen LogP contribution >= 0.6 is 11.6 Å². The van der Waals surface area contributed by atoms with Crippen molar-refractivity contribution in [2.45, 2.75) is 19.9 Å². The highest BCUT2D eigenvalue weighted by molar-refractivity contribution is 6.30. The maximum atomic E-state index is 10.7. The van der Waals surface area contributed by atoms with Crippen LogP contribution in [0.2, 0.25) is 5.02 Å². The van der Waals surface area contributed by atoms with Crippen molar-refractivity contribution in [2.24, 2.45) is 5.92 Å². The summed E-state index contributed by atoms with van der Waals surface area (Å²) in [4.78, 5) is 10.7. The fourth-order valence-corrected chi connectivity index (χ4v) is 1.27. The van der Waals surface area contributed by atoms with Gasteiger partial charge >= 0.3 is 5.97 Å². The Kier molecular flexibility index (Phi) is 3.97. The highest BCUT2D eigenvalue weighted by Crippen LogP contribution is 2.16. The van der Waals surface area contributed by atoms with E-state index >= 15 is 0 Å². The molecule has 0 amide bonds. The quantitative estimate of drug-likeness (QED) is 0.832. The van der Waals surface area contributed by atoms with Crippen LogP contribution in [0.1, 0.15) is 13.8 Å². The minimum Gasteiger partial charge on any atom is -0.481 e. The highest BCUT2D eigenvalue weighted by atomic mass is 35.5. The molecule has 0 fully saturated rings. The second-order valence-corrected chi connectivity index (χ2v) is 4.00. The first-order valence-electron chi connectivity index (χ1n) is 4.75. The Hall–Kier alpha value is -1.22. The topological polar surface area (TPSA) is 49.3 Å². The van der Waals surface area contributed by atoms with Crippen molar-refractivity contribution in [2.75, 3.05) is 5.32 Å². The zero-order valence-electron chi connectivity index (χ0n) is 8.70. The van der Waals surface area contributed by atoms with E-state index in [1.165, 1.54) is 0 Å². The van der Waals surface area contributed by atoms with E-state index in [2.05, 4.69) is 5.32 Å². The van der Waals surface area contributed by atoms with E-state index in [-0.39, 0.29) is 6.04 Å². The first kappa shape index (κ1) is 11.9. The monoisotopic (exact) mass is 227 g/mol. The third-order valence-corrected chi connectivity index (χ3v) is 2.63. The second-order valence-electron chi connectivity index (χ2n) is 3.57. The molecule has 0 aliphatic carbocycles. The number of benzene rings is 1. The predicted molar refractivity (Wildman–Crippen MR) is 61.3 cm³/mol. The lowest BCUT2D eigenvalue weighted by Crippen LogP contribution is -2.29. The van der Waals surface area contributed by atoms with Gasteiger partial charge in [0.05, 0.1) is 5.92 Å². The van der Waals surface area contributed by atoms with Crippen molar-refractivity contribution < 1.29 is 9.90 Å². The SMILES string of the molecule is CC(Nc1ccc(Cl)cc1)C(C)C(=O)O. The molecule has 0 saturated carbocycles. The molecular formula is C11H14ClNO2. The first-order valence-corrected chi connectivity index (χ1v) is 5.13. The Morgan fingerprint density at radius 3 is 2.33 bits per heavy atom. The number of carboxylic acids is 1. The Morgan fingerprint density at radius 1 is 1.33 bits per heavy atom. The molecule has 2 N–H and O–H groups in total. The van der Waals surface area contributed by atoms with E-state index in [1.54, 1.807) is 19.1 Å². The van der Waals surface area contributed by atoms with E-state index in [0.717, 1.165) is 5.69 Å². The smallest absolute Gasteiger partial charge is 0.308 e. The van der Waals surface area contributed by atoms with Crippen LogP contribution in [0.3, 0.4) is 0 Å². The van der Waals surface area contributed by atoms with Gasteiger partial charge in [-0.05, 0) is 38.1 Å². The molecule has 4 heteroatoms. The lowest BCUT2D eigenvalue weighted by molar-refractivity contribution is -0.141. The van der Waals surface area contributed by atoms with Gasteiger partial charge in [-0.15, -0.1) is 0 Å². The van der Waals surface area contributed by atoms with Crippen molar-refractivity contribution in [3.8, 4) is 0 Å². The molecule has 0 heterocycles. The van der Waals surface area contributed by atoms with Gasteiger partial charge in [-0.25, -0.2) is 0 Å². The van der Waals surface area contributed by atoms with Crippen molar-refractivity contribution in [1.82, 2.24) is 0 Å². The van der Waals surface area contributed by atoms with Gasteiger partial charge in [0, 0.05) is 16.8 Å². The largest absolute Gasteiger partial charge is 0.481 e. The number of hydrogen-bond donors (Lipinski definition) is 2. The van der Waals surface area contributed by atoms with Gasteiger partial charge in [-0.1, -0.05) is 11.6 Å². The van der Waals surface area contributed by atoms with Gasteiger partial charge in [0.2, 0.25) is 0 Å². The van der Waals surface area contributed by atoms with Gasteiger partial charge in [-0.3, -0.25) is 4.79 Å². The summed E-state index contributed by atoms with van der Waals surface area (Å²) in [6, 6.07) is 7.06. The van der Waals surface area contributed by atoms with Crippen LogP contribution < -0.4 is 5.32 Å². The maximum absolute atomic E-state index is 10.7. The Balaban J connectivity index is 2.62. The third-order valence-electron chi connectivity index (χ3n) is 2.38. The molecule has 0 saturated heterocycles. The van der Waals surface area contributed by atoms with E-state index in [1.807, 2.05) is 19.1 Å². The molecule has 3 nitrogen and oxygen atoms in total. The number of anilines is 1. The molecule has 82 valence electrons. The molecule has 2 atom stereocenters. The molecule has 2 unspecified atom stereocenters. The Morgan fingerprint density at radius 2 is 1.87 bits per heavy atom. The van der Waals surface area contributed by atoms with Crippen LogP contribution in [0.4, 0.5) is 5.69 Å². The predicted octanol–water partition coefficient (Wildman–Crippen LogP) is 2.86. The first-order chi connectivity index (χ1) is 7.00. The van der Waals surface area contributed by atoms with Crippen LogP contribution in [-0.4, -0.2) is 17.1 Å². The summed E-state index contributed by atoms with van der Waals surface area (Å²) in [6.45, 7) is 3.52. The summed E-state index contributed by atoms with van der Waals surface area (Å²) < 4.78 is 0. The fourth-order valence-electron chi connectivity index (χ4n) is 1.15. The Labute approximate surface area is 94.1 Å². The number of rotatable bonds is 4. The number of halogens is 1. The van der Waals surface area contributed by atoms with Crippen molar-refractivity contribution in [1.29, 1.82) is 0 Å². The molecular weight excluding hydrogens is 214 g/mol. The number of nitrogens with one attached hydrogen (secondary N) is 1. The molecule has 0 spiro atoms. The van der Waals surface area contributed by atoms with Gasteiger partial charge in [0.25, 0.3) is 0 Å². The van der Waals surface area contributed by atoms with Crippen LogP contribution in [-0.2, 0) is 4.79 Å². The summed E-state index contributed by atoms with van der Waals surface area (Å²) in [5, 5.41) is 12.6. The summed E-state index contributed by atoms with van der Waals surface area (Å²) in [6.07, 6.45) is 0. The van der Waals surface area contributed by atoms with Gasteiger partial charge < -0.3 is 10.4 Å². The van der Waals surface area contributed by atoms with Crippen molar-refractivity contribution >= 4 is 23.3 Å². The minimum absolute atomic E-state index is 0.122. The number of hydrogen-bond acceptors (Lipinski definition) is 2. The van der Waals surface area contributed by atoms with Crippen LogP contribution in [0.5, 0.6) is 0 Å². The number of aliphatic carboxylic acids is 1. The fraction of sp³-hybridized carbons (Fsp3) is 0.364. The average molecular weight is 228 g/mol. The molecule has 0 bridgehead atoms. The molecule has 0 aliphatic rings. The molecule has 1 aromatic carbocycles. The van der Waals surface area contributed by atoms with Gasteiger partial charge in [0.1, 0.15) is 0 Å². The zero-order valence-corrected chi connectivity index (χ0v) is 9.45. The Bertz CT molecular complexity index is 337. The molecule has 0 radical (unpaired) electrons. The van der Waals surface area contributed by atoms with Crippen molar-refractivity contribution in [3.05, 3.63) is 29.3 Å². The van der Waals surface area contributed by atoms with Crippen LogP contribution in [0.25, 0.3) is 0 Å². The maximum Gasteiger partial charge on any atom is 0.308 e. The average Bonchev–Trinajstić information content (AvgIpc) is 2.20. The van der Waals surface area contributed by atoms with Crippen LogP contribution in [0.15, 0.2) is 24.3 Å². The third kappa shape index (κ3) is 3.44. The normalized spacial score (nSPS) is 14.3. The van der Waals surface area contributed by atoms with E-state index in [4.69, 9.17) is 16.7 Å². The van der Waals surface area contributed by atoms with E-state index < -0.39 is 11.9 Å². The van der Waals surface area contributed by atoms with Crippen molar-refractivity contribution in [3.63, 3.8) is 0 Å². The summed E-state index contributed by atoms with van der Waals surface area (Å²) in [7, 11) is 0. The summed E-state index contributed by atoms with van der Waals surface area (Å²) in [5.74, 6) is -1.23. The number of carboxylic acid groups (broad SMARTS) is 1. The number of carbonyl (C=O) groups is 1. The lowest BCUT2D eigenvalue weighted by Gasteiger charge is -2.18. The second kappa shape index (κ2) is 5.03. The molecule has 1 aromatic rings. The molecule has 1 rings (SSSR count). The molecule has 0 aromatic heterocycles. The van der Waals surface area contributed by atoms with Crippen LogP contribution in [0, 0.1) is 5.92 Å². The van der Waals surface area contributed by atoms with Gasteiger partial charge in [0.15, 0.2) is 0 Å². The highest BCUT2D eigenvalue weighted by Gasteiger charge is 2.18. The summed E-state index contributed by atoms with van der Waals surface area (Å²) in [5.41, 5.74) is 0.875. The molecule has 15 heavy (non-hydrogen) atoms. The zero-order chi connectivity index (χ0) is 11.4. The minimum atomic E-state index is -0.802.